The summed E-state index contributed by atoms with van der Waals surface area (Å²) in [6.07, 6.45) is -4.55. The Kier molecular flexibility index (Phi) is 12.8. The fourth-order valence-electron chi connectivity index (χ4n) is 3.33. The number of benzene rings is 1. The van der Waals surface area contributed by atoms with E-state index >= 15 is 0 Å². The lowest BCUT2D eigenvalue weighted by atomic mass is 9.79. The second kappa shape index (κ2) is 15.0. The summed E-state index contributed by atoms with van der Waals surface area (Å²) in [5.74, 6) is -3.28. The number of aliphatic carboxylic acids is 1. The standard InChI is InChI=1S/C26H39NO11/c1-9-15(6)35-26(32)36-17(8)16(7)21(22(27)23(28)29)18-10-11-19(37-24(30)33-13(2)3)20(12-18)38-25(31)34-14(4)5/h10-17,21-22H,9,27H2,1-8H3,(H,28,29)/t15?,16?,17?,21?,22-/m0/s1. The topological polar surface area (TPSA) is 170 Å². The molecular formula is C26H39NO11. The molecule has 0 spiro atoms. The van der Waals surface area contributed by atoms with Gasteiger partial charge >= 0.3 is 24.4 Å². The number of carboxylic acid groups (broad SMARTS) is 1. The van der Waals surface area contributed by atoms with Gasteiger partial charge in [0.25, 0.3) is 0 Å². The fourth-order valence-corrected chi connectivity index (χ4v) is 3.33. The Labute approximate surface area is 222 Å². The molecule has 0 aliphatic rings. The number of rotatable bonds is 12. The van der Waals surface area contributed by atoms with E-state index in [9.17, 15) is 24.3 Å². The van der Waals surface area contributed by atoms with E-state index in [1.165, 1.54) is 18.2 Å². The maximum Gasteiger partial charge on any atom is 0.514 e. The third kappa shape index (κ3) is 10.4. The lowest BCUT2D eigenvalue weighted by Crippen LogP contribution is -2.42. The summed E-state index contributed by atoms with van der Waals surface area (Å²) < 4.78 is 31.0. The maximum absolute atomic E-state index is 12.2. The van der Waals surface area contributed by atoms with Crippen LogP contribution in [0.5, 0.6) is 11.5 Å². The molecular weight excluding hydrogens is 502 g/mol. The van der Waals surface area contributed by atoms with Crippen LogP contribution < -0.4 is 15.2 Å². The number of ether oxygens (including phenoxy) is 6. The molecule has 38 heavy (non-hydrogen) atoms. The Morgan fingerprint density at radius 3 is 1.79 bits per heavy atom. The van der Waals surface area contributed by atoms with Crippen molar-refractivity contribution in [2.45, 2.75) is 98.2 Å². The third-order valence-electron chi connectivity index (χ3n) is 5.54. The van der Waals surface area contributed by atoms with Gasteiger partial charge in [-0.15, -0.1) is 0 Å². The lowest BCUT2D eigenvalue weighted by Gasteiger charge is -2.31. The molecule has 0 fully saturated rings. The van der Waals surface area contributed by atoms with E-state index in [4.69, 9.17) is 34.2 Å². The van der Waals surface area contributed by atoms with E-state index in [0.717, 1.165) is 0 Å². The molecule has 4 unspecified atom stereocenters. The molecule has 0 saturated carbocycles. The van der Waals surface area contributed by atoms with E-state index in [0.29, 0.717) is 12.0 Å². The van der Waals surface area contributed by atoms with Gasteiger partial charge in [-0.25, -0.2) is 14.4 Å². The minimum atomic E-state index is -1.44. The van der Waals surface area contributed by atoms with E-state index in [-0.39, 0.29) is 17.6 Å². The van der Waals surface area contributed by atoms with E-state index in [1.54, 1.807) is 48.5 Å². The number of carboxylic acids is 1. The molecule has 0 amide bonds. The zero-order chi connectivity index (χ0) is 29.2. The van der Waals surface area contributed by atoms with Crippen molar-refractivity contribution in [3.8, 4) is 11.5 Å². The molecule has 3 N–H and O–H groups in total. The zero-order valence-corrected chi connectivity index (χ0v) is 23.1. The third-order valence-corrected chi connectivity index (χ3v) is 5.54. The maximum atomic E-state index is 12.2. The van der Waals surface area contributed by atoms with Crippen LogP contribution in [0.25, 0.3) is 0 Å². The zero-order valence-electron chi connectivity index (χ0n) is 23.1. The molecule has 0 saturated heterocycles. The first kappa shape index (κ1) is 32.5. The van der Waals surface area contributed by atoms with Crippen molar-refractivity contribution in [3.63, 3.8) is 0 Å². The minimum absolute atomic E-state index is 0.170. The van der Waals surface area contributed by atoms with Crippen LogP contribution in [0.3, 0.4) is 0 Å². The van der Waals surface area contributed by atoms with Crippen molar-refractivity contribution in [1.82, 2.24) is 0 Å². The average molecular weight is 542 g/mol. The van der Waals surface area contributed by atoms with Crippen LogP contribution in [0.2, 0.25) is 0 Å². The first-order valence-electron chi connectivity index (χ1n) is 12.4. The molecule has 0 heterocycles. The van der Waals surface area contributed by atoms with Crippen molar-refractivity contribution in [2.75, 3.05) is 0 Å². The summed E-state index contributed by atoms with van der Waals surface area (Å²) in [6.45, 7) is 13.3. The first-order valence-corrected chi connectivity index (χ1v) is 12.4. The SMILES string of the molecule is CCC(C)OC(=O)OC(C)C(C)C(c1ccc(OC(=O)OC(C)C)c(OC(=O)OC(C)C)c1)[C@H](N)C(=O)O. The molecule has 0 radical (unpaired) electrons. The van der Waals surface area contributed by atoms with Crippen LogP contribution in [-0.2, 0) is 23.7 Å². The number of carbonyl (C=O) groups is 4. The van der Waals surface area contributed by atoms with Crippen LogP contribution in [0.1, 0.15) is 73.3 Å². The second-order valence-corrected chi connectivity index (χ2v) is 9.40. The highest BCUT2D eigenvalue weighted by Gasteiger charge is 2.36. The van der Waals surface area contributed by atoms with Crippen LogP contribution in [0.15, 0.2) is 18.2 Å². The van der Waals surface area contributed by atoms with Gasteiger partial charge in [0.15, 0.2) is 11.5 Å². The Balaban J connectivity index is 3.41. The largest absolute Gasteiger partial charge is 0.514 e. The van der Waals surface area contributed by atoms with Gasteiger partial charge in [-0.3, -0.25) is 4.79 Å². The summed E-state index contributed by atoms with van der Waals surface area (Å²) in [5.41, 5.74) is 6.36. The normalized spacial score (nSPS) is 15.0. The summed E-state index contributed by atoms with van der Waals surface area (Å²) in [5, 5.41) is 9.70. The average Bonchev–Trinajstić information content (AvgIpc) is 2.79. The summed E-state index contributed by atoms with van der Waals surface area (Å²) in [7, 11) is 0. The summed E-state index contributed by atoms with van der Waals surface area (Å²) in [4.78, 5) is 48.4. The van der Waals surface area contributed by atoms with Gasteiger partial charge < -0.3 is 39.3 Å². The molecule has 1 rings (SSSR count). The molecule has 1 aromatic carbocycles. The molecule has 12 heteroatoms. The van der Waals surface area contributed by atoms with Crippen LogP contribution in [-0.4, -0.2) is 60.0 Å². The molecule has 0 aliphatic heterocycles. The first-order chi connectivity index (χ1) is 17.7. The summed E-state index contributed by atoms with van der Waals surface area (Å²) >= 11 is 0. The van der Waals surface area contributed by atoms with E-state index in [2.05, 4.69) is 0 Å². The van der Waals surface area contributed by atoms with Gasteiger partial charge in [-0.2, -0.15) is 0 Å². The Hall–Kier alpha value is -3.54. The molecule has 1 aromatic rings. The Morgan fingerprint density at radius 1 is 0.789 bits per heavy atom. The Bertz CT molecular complexity index is 963. The Morgan fingerprint density at radius 2 is 1.32 bits per heavy atom. The van der Waals surface area contributed by atoms with Crippen molar-refractivity contribution < 1.29 is 52.7 Å². The van der Waals surface area contributed by atoms with Crippen LogP contribution >= 0.6 is 0 Å². The minimum Gasteiger partial charge on any atom is -0.480 e. The van der Waals surface area contributed by atoms with Crippen molar-refractivity contribution in [1.29, 1.82) is 0 Å². The quantitative estimate of drug-likeness (QED) is 0.206. The number of nitrogens with two attached hydrogens (primary N) is 1. The fraction of sp³-hybridized carbons (Fsp3) is 0.615. The predicted octanol–water partition coefficient (Wildman–Crippen LogP) is 5.01. The van der Waals surface area contributed by atoms with Gasteiger partial charge in [0.1, 0.15) is 18.2 Å². The van der Waals surface area contributed by atoms with Gasteiger partial charge in [0, 0.05) is 11.8 Å². The van der Waals surface area contributed by atoms with Crippen LogP contribution in [0.4, 0.5) is 14.4 Å². The second-order valence-electron chi connectivity index (χ2n) is 9.40. The molecule has 5 atom stereocenters. The smallest absolute Gasteiger partial charge is 0.480 e. The van der Waals surface area contributed by atoms with Gasteiger partial charge in [-0.1, -0.05) is 19.9 Å². The monoisotopic (exact) mass is 541 g/mol. The van der Waals surface area contributed by atoms with Gasteiger partial charge in [-0.05, 0) is 65.7 Å². The summed E-state index contributed by atoms with van der Waals surface area (Å²) in [6, 6.07) is 2.65. The number of hydrogen-bond donors (Lipinski definition) is 2. The number of carbonyl (C=O) groups excluding carboxylic acids is 3. The van der Waals surface area contributed by atoms with Gasteiger partial charge in [0.05, 0.1) is 12.2 Å². The predicted molar refractivity (Wildman–Crippen MR) is 135 cm³/mol. The highest BCUT2D eigenvalue weighted by molar-refractivity contribution is 5.75. The van der Waals surface area contributed by atoms with Crippen molar-refractivity contribution in [2.24, 2.45) is 11.7 Å². The molecule has 12 nitrogen and oxygen atoms in total. The lowest BCUT2D eigenvalue weighted by molar-refractivity contribution is -0.139. The number of hydrogen-bond acceptors (Lipinski definition) is 11. The van der Waals surface area contributed by atoms with E-state index in [1.807, 2.05) is 6.92 Å². The highest BCUT2D eigenvalue weighted by atomic mass is 16.8. The van der Waals surface area contributed by atoms with Crippen molar-refractivity contribution >= 4 is 24.4 Å². The van der Waals surface area contributed by atoms with E-state index < -0.39 is 60.6 Å². The molecule has 0 aromatic heterocycles. The van der Waals surface area contributed by atoms with Gasteiger partial charge in [0.2, 0.25) is 0 Å². The molecule has 0 bridgehead atoms. The molecule has 0 aliphatic carbocycles. The highest BCUT2D eigenvalue weighted by Crippen LogP contribution is 2.37. The van der Waals surface area contributed by atoms with Crippen LogP contribution in [0, 0.1) is 5.92 Å². The van der Waals surface area contributed by atoms with Crippen molar-refractivity contribution in [3.05, 3.63) is 23.8 Å². The molecule has 214 valence electrons.